The van der Waals surface area contributed by atoms with Crippen LogP contribution >= 0.6 is 11.5 Å². The summed E-state index contributed by atoms with van der Waals surface area (Å²) in [5.41, 5.74) is -0.326. The van der Waals surface area contributed by atoms with Crippen molar-refractivity contribution in [1.82, 2.24) is 14.2 Å². The minimum absolute atomic E-state index is 0.0230. The molecule has 5 nitrogen and oxygen atoms in total. The molecule has 0 bridgehead atoms. The molecule has 21 heavy (non-hydrogen) atoms. The molecule has 1 aromatic heterocycles. The number of hydrogen-bond donors (Lipinski definition) is 0. The summed E-state index contributed by atoms with van der Waals surface area (Å²) in [7, 11) is 0. The molecule has 0 saturated carbocycles. The van der Waals surface area contributed by atoms with Gasteiger partial charge in [0.1, 0.15) is 4.88 Å². The Labute approximate surface area is 129 Å². The van der Waals surface area contributed by atoms with Gasteiger partial charge in [0.2, 0.25) is 5.91 Å². The first-order valence-corrected chi connectivity index (χ1v) is 8.43. The third-order valence-corrected chi connectivity index (χ3v) is 5.34. The van der Waals surface area contributed by atoms with Crippen molar-refractivity contribution in [3.63, 3.8) is 0 Å². The monoisotopic (exact) mass is 307 g/mol. The van der Waals surface area contributed by atoms with E-state index in [0.29, 0.717) is 18.0 Å². The highest BCUT2D eigenvalue weighted by Gasteiger charge is 2.49. The second kappa shape index (κ2) is 5.75. The van der Waals surface area contributed by atoms with Gasteiger partial charge in [-0.15, -0.1) is 0 Å². The molecule has 2 saturated heterocycles. The number of aromatic nitrogens is 1. The van der Waals surface area contributed by atoms with Gasteiger partial charge in [-0.2, -0.15) is 0 Å². The minimum Gasteiger partial charge on any atom is -0.342 e. The van der Waals surface area contributed by atoms with E-state index < -0.39 is 0 Å². The smallest absolute Gasteiger partial charge is 0.265 e. The molecule has 0 aromatic carbocycles. The van der Waals surface area contributed by atoms with E-state index in [9.17, 15) is 9.59 Å². The van der Waals surface area contributed by atoms with Gasteiger partial charge in [0.15, 0.2) is 0 Å². The number of rotatable bonds is 3. The number of carbonyl (C=O) groups is 2. The van der Waals surface area contributed by atoms with Crippen LogP contribution in [0, 0.1) is 5.41 Å². The molecule has 0 unspecified atom stereocenters. The van der Waals surface area contributed by atoms with Crippen LogP contribution in [0.1, 0.15) is 42.3 Å². The summed E-state index contributed by atoms with van der Waals surface area (Å²) in [6, 6.07) is 1.75. The van der Waals surface area contributed by atoms with E-state index in [2.05, 4.69) is 11.3 Å². The summed E-state index contributed by atoms with van der Waals surface area (Å²) in [5, 5.41) is 0. The van der Waals surface area contributed by atoms with E-state index in [1.807, 2.05) is 9.80 Å². The molecule has 0 radical (unpaired) electrons. The number of carbonyl (C=O) groups excluding carboxylic acids is 2. The summed E-state index contributed by atoms with van der Waals surface area (Å²) >= 11 is 1.23. The summed E-state index contributed by atoms with van der Waals surface area (Å²) in [5.74, 6) is 0.282. The molecule has 1 spiro atoms. The third-order valence-electron chi connectivity index (χ3n) is 4.61. The SMILES string of the molecule is CCCN1CCC[C@@]2(CCN(C(=O)c3ccns3)C2)C1=O. The summed E-state index contributed by atoms with van der Waals surface area (Å²) in [6.45, 7) is 5.06. The number of nitrogens with zero attached hydrogens (tertiary/aromatic N) is 3. The van der Waals surface area contributed by atoms with Gasteiger partial charge in [0, 0.05) is 32.4 Å². The molecule has 6 heteroatoms. The van der Waals surface area contributed by atoms with Crippen LogP contribution in [0.4, 0.5) is 0 Å². The van der Waals surface area contributed by atoms with Gasteiger partial charge in [-0.05, 0) is 43.3 Å². The summed E-state index contributed by atoms with van der Waals surface area (Å²) < 4.78 is 3.99. The van der Waals surface area contributed by atoms with E-state index in [0.717, 1.165) is 38.8 Å². The first-order chi connectivity index (χ1) is 10.2. The quantitative estimate of drug-likeness (QED) is 0.858. The van der Waals surface area contributed by atoms with Crippen molar-refractivity contribution in [2.24, 2.45) is 5.41 Å². The van der Waals surface area contributed by atoms with E-state index in [4.69, 9.17) is 0 Å². The minimum atomic E-state index is -0.326. The lowest BCUT2D eigenvalue weighted by molar-refractivity contribution is -0.145. The van der Waals surface area contributed by atoms with Crippen molar-refractivity contribution >= 4 is 23.3 Å². The molecule has 3 rings (SSSR count). The van der Waals surface area contributed by atoms with E-state index in [-0.39, 0.29) is 17.2 Å². The van der Waals surface area contributed by atoms with E-state index in [1.54, 1.807) is 12.3 Å². The molecular formula is C15H21N3O2S. The fourth-order valence-electron chi connectivity index (χ4n) is 3.54. The number of amides is 2. The van der Waals surface area contributed by atoms with Crippen LogP contribution in [0.25, 0.3) is 0 Å². The van der Waals surface area contributed by atoms with Gasteiger partial charge >= 0.3 is 0 Å². The number of piperidine rings is 1. The molecule has 2 aliphatic heterocycles. The van der Waals surface area contributed by atoms with Crippen molar-refractivity contribution < 1.29 is 9.59 Å². The molecule has 1 aromatic rings. The Morgan fingerprint density at radius 2 is 2.29 bits per heavy atom. The first kappa shape index (κ1) is 14.5. The first-order valence-electron chi connectivity index (χ1n) is 7.66. The van der Waals surface area contributed by atoms with Crippen LogP contribution in [0.3, 0.4) is 0 Å². The van der Waals surface area contributed by atoms with Gasteiger partial charge in [-0.3, -0.25) is 9.59 Å². The molecule has 0 aliphatic carbocycles. The normalized spacial score (nSPS) is 25.9. The molecule has 1 atom stereocenters. The fraction of sp³-hybridized carbons (Fsp3) is 0.667. The summed E-state index contributed by atoms with van der Waals surface area (Å²) in [4.78, 5) is 29.7. The lowest BCUT2D eigenvalue weighted by atomic mass is 9.78. The zero-order chi connectivity index (χ0) is 14.9. The van der Waals surface area contributed by atoms with E-state index in [1.165, 1.54) is 11.5 Å². The predicted molar refractivity (Wildman–Crippen MR) is 81.2 cm³/mol. The highest BCUT2D eigenvalue weighted by Crippen LogP contribution is 2.40. The van der Waals surface area contributed by atoms with Gasteiger partial charge in [0.25, 0.3) is 5.91 Å². The maximum Gasteiger partial charge on any atom is 0.265 e. The average Bonchev–Trinajstić information content (AvgIpc) is 3.14. The van der Waals surface area contributed by atoms with Crippen LogP contribution in [-0.4, -0.2) is 52.2 Å². The van der Waals surface area contributed by atoms with Crippen molar-refractivity contribution in [3.05, 3.63) is 17.1 Å². The maximum absolute atomic E-state index is 12.8. The Morgan fingerprint density at radius 3 is 3.00 bits per heavy atom. The van der Waals surface area contributed by atoms with Crippen molar-refractivity contribution in [2.75, 3.05) is 26.2 Å². The standard InChI is InChI=1S/C15H21N3O2S/c1-2-8-17-9-3-5-15(14(17)20)6-10-18(11-15)13(19)12-4-7-16-21-12/h4,7H,2-3,5-6,8-11H2,1H3/t15-/m0/s1. The van der Waals surface area contributed by atoms with Gasteiger partial charge in [0.05, 0.1) is 5.41 Å². The van der Waals surface area contributed by atoms with Crippen molar-refractivity contribution in [3.8, 4) is 0 Å². The van der Waals surface area contributed by atoms with Gasteiger partial charge in [-0.25, -0.2) is 4.37 Å². The molecule has 3 heterocycles. The third kappa shape index (κ3) is 2.57. The Hall–Kier alpha value is -1.43. The number of likely N-dealkylation sites (tertiary alicyclic amines) is 2. The Kier molecular flexibility index (Phi) is 3.97. The Balaban J connectivity index is 1.73. The second-order valence-corrected chi connectivity index (χ2v) is 6.86. The Bertz CT molecular complexity index is 529. The molecule has 0 N–H and O–H groups in total. The highest BCUT2D eigenvalue weighted by molar-refractivity contribution is 7.08. The average molecular weight is 307 g/mol. The zero-order valence-corrected chi connectivity index (χ0v) is 13.2. The highest BCUT2D eigenvalue weighted by atomic mass is 32.1. The van der Waals surface area contributed by atoms with E-state index >= 15 is 0 Å². The zero-order valence-electron chi connectivity index (χ0n) is 12.4. The topological polar surface area (TPSA) is 53.5 Å². The van der Waals surface area contributed by atoms with Crippen LogP contribution in [0.2, 0.25) is 0 Å². The molecule has 114 valence electrons. The van der Waals surface area contributed by atoms with Crippen molar-refractivity contribution in [1.29, 1.82) is 0 Å². The van der Waals surface area contributed by atoms with Crippen molar-refractivity contribution in [2.45, 2.75) is 32.6 Å². The largest absolute Gasteiger partial charge is 0.342 e. The van der Waals surface area contributed by atoms with Crippen LogP contribution in [0.15, 0.2) is 12.3 Å². The molecule has 2 aliphatic rings. The summed E-state index contributed by atoms with van der Waals surface area (Å²) in [6.07, 6.45) is 5.41. The van der Waals surface area contributed by atoms with Crippen LogP contribution in [-0.2, 0) is 4.79 Å². The van der Waals surface area contributed by atoms with Crippen LogP contribution in [0.5, 0.6) is 0 Å². The maximum atomic E-state index is 12.8. The lowest BCUT2D eigenvalue weighted by Gasteiger charge is -2.39. The fourth-order valence-corrected chi connectivity index (χ4v) is 4.11. The van der Waals surface area contributed by atoms with Crippen LogP contribution < -0.4 is 0 Å². The molecule has 2 amide bonds. The second-order valence-electron chi connectivity index (χ2n) is 6.03. The molecule has 2 fully saturated rings. The lowest BCUT2D eigenvalue weighted by Crippen LogP contribution is -2.50. The van der Waals surface area contributed by atoms with Gasteiger partial charge in [-0.1, -0.05) is 6.92 Å². The van der Waals surface area contributed by atoms with Gasteiger partial charge < -0.3 is 9.80 Å². The molecular weight excluding hydrogens is 286 g/mol. The predicted octanol–water partition coefficient (Wildman–Crippen LogP) is 2.01. The number of hydrogen-bond acceptors (Lipinski definition) is 4. The Morgan fingerprint density at radius 1 is 1.43 bits per heavy atom.